The van der Waals surface area contributed by atoms with Crippen LogP contribution in [0.1, 0.15) is 36.1 Å². The van der Waals surface area contributed by atoms with Crippen LogP contribution in [0.2, 0.25) is 0 Å². The first-order chi connectivity index (χ1) is 13.1. The lowest BCUT2D eigenvalue weighted by Crippen LogP contribution is -2.31. The first-order valence-electron chi connectivity index (χ1n) is 9.77. The molecule has 0 spiro atoms. The first kappa shape index (κ1) is 19.1. The van der Waals surface area contributed by atoms with Crippen LogP contribution in [0.15, 0.2) is 30.3 Å². The Morgan fingerprint density at radius 3 is 2.67 bits per heavy atom. The van der Waals surface area contributed by atoms with Crippen molar-refractivity contribution in [2.24, 2.45) is 0 Å². The molecule has 2 heterocycles. The van der Waals surface area contributed by atoms with Crippen molar-refractivity contribution in [3.63, 3.8) is 0 Å². The number of nitrogens with zero attached hydrogens (tertiary/aromatic N) is 3. The van der Waals surface area contributed by atoms with Gasteiger partial charge in [0.15, 0.2) is 0 Å². The van der Waals surface area contributed by atoms with Crippen molar-refractivity contribution in [2.75, 3.05) is 36.4 Å². The Bertz CT molecular complexity index is 771. The van der Waals surface area contributed by atoms with Crippen molar-refractivity contribution >= 4 is 17.7 Å². The van der Waals surface area contributed by atoms with E-state index in [4.69, 9.17) is 0 Å². The first-order valence-corrected chi connectivity index (χ1v) is 9.77. The van der Waals surface area contributed by atoms with Crippen LogP contribution in [0.5, 0.6) is 0 Å². The number of carbonyl (C=O) groups is 1. The predicted octanol–water partition coefficient (Wildman–Crippen LogP) is 2.85. The van der Waals surface area contributed by atoms with Crippen molar-refractivity contribution in [1.82, 2.24) is 15.3 Å². The largest absolute Gasteiger partial charge is 0.356 e. The van der Waals surface area contributed by atoms with Crippen LogP contribution in [-0.4, -0.2) is 42.1 Å². The smallest absolute Gasteiger partial charge is 0.224 e. The number of rotatable bonds is 7. The van der Waals surface area contributed by atoms with Gasteiger partial charge in [0.1, 0.15) is 5.82 Å². The molecule has 1 aromatic heterocycles. The maximum atomic E-state index is 12.1. The number of amides is 1. The van der Waals surface area contributed by atoms with Crippen LogP contribution >= 0.6 is 0 Å². The van der Waals surface area contributed by atoms with Crippen molar-refractivity contribution < 1.29 is 4.79 Å². The topological polar surface area (TPSA) is 70.2 Å². The van der Waals surface area contributed by atoms with Gasteiger partial charge in [-0.25, -0.2) is 4.98 Å². The number of hydrogen-bond acceptors (Lipinski definition) is 5. The molecule has 1 aromatic carbocycles. The van der Waals surface area contributed by atoms with Crippen molar-refractivity contribution in [1.29, 1.82) is 0 Å². The van der Waals surface area contributed by atoms with Gasteiger partial charge in [0.25, 0.3) is 0 Å². The molecule has 1 fully saturated rings. The summed E-state index contributed by atoms with van der Waals surface area (Å²) in [6.07, 6.45) is 4.15. The molecule has 1 amide bonds. The molecule has 144 valence electrons. The molecule has 2 aromatic rings. The molecule has 27 heavy (non-hydrogen) atoms. The molecule has 3 rings (SSSR count). The fourth-order valence-electron chi connectivity index (χ4n) is 3.36. The van der Waals surface area contributed by atoms with Crippen LogP contribution in [0.3, 0.4) is 0 Å². The second-order valence-corrected chi connectivity index (χ2v) is 7.18. The molecule has 0 saturated carbocycles. The molecule has 0 radical (unpaired) electrons. The number of hydrogen-bond donors (Lipinski definition) is 2. The number of piperidine rings is 1. The molecular weight excluding hydrogens is 338 g/mol. The minimum atomic E-state index is 0.0292. The van der Waals surface area contributed by atoms with Crippen LogP contribution in [0, 0.1) is 13.8 Å². The second kappa shape index (κ2) is 9.35. The number of aromatic nitrogens is 2. The number of anilines is 2. The Morgan fingerprint density at radius 2 is 1.89 bits per heavy atom. The van der Waals surface area contributed by atoms with E-state index < -0.39 is 0 Å². The number of benzene rings is 1. The highest BCUT2D eigenvalue weighted by molar-refractivity contribution is 5.78. The van der Waals surface area contributed by atoms with Gasteiger partial charge in [-0.1, -0.05) is 29.8 Å². The van der Waals surface area contributed by atoms with Gasteiger partial charge in [0.05, 0.1) is 6.42 Å². The molecule has 0 atom stereocenters. The van der Waals surface area contributed by atoms with Gasteiger partial charge >= 0.3 is 0 Å². The lowest BCUT2D eigenvalue weighted by atomic mass is 10.1. The Kier molecular flexibility index (Phi) is 6.63. The quantitative estimate of drug-likeness (QED) is 0.737. The van der Waals surface area contributed by atoms with Crippen LogP contribution in [0.25, 0.3) is 0 Å². The van der Waals surface area contributed by atoms with E-state index in [1.165, 1.54) is 24.8 Å². The molecule has 0 unspecified atom stereocenters. The standard InChI is InChI=1S/C21H29N5O/c1-16-7-6-8-18(13-16)15-20(27)22-9-10-23-21-24-17(2)14-19(25-21)26-11-4-3-5-12-26/h6-8,13-14H,3-5,9-12,15H2,1-2H3,(H,22,27)(H,23,24,25). The Morgan fingerprint density at radius 1 is 1.07 bits per heavy atom. The van der Waals surface area contributed by atoms with E-state index in [1.807, 2.05) is 44.2 Å². The lowest BCUT2D eigenvalue weighted by Gasteiger charge is -2.28. The third-order valence-corrected chi connectivity index (χ3v) is 4.70. The molecular formula is C21H29N5O. The minimum absolute atomic E-state index is 0.0292. The van der Waals surface area contributed by atoms with E-state index in [1.54, 1.807) is 0 Å². The summed E-state index contributed by atoms with van der Waals surface area (Å²) in [5.41, 5.74) is 3.16. The molecule has 2 N–H and O–H groups in total. The minimum Gasteiger partial charge on any atom is -0.356 e. The summed E-state index contributed by atoms with van der Waals surface area (Å²) in [5.74, 6) is 1.65. The van der Waals surface area contributed by atoms with E-state index in [-0.39, 0.29) is 5.91 Å². The van der Waals surface area contributed by atoms with Gasteiger partial charge in [-0.15, -0.1) is 0 Å². The van der Waals surface area contributed by atoms with Gasteiger partial charge in [-0.05, 0) is 38.7 Å². The third kappa shape index (κ3) is 5.94. The molecule has 1 aliphatic heterocycles. The SMILES string of the molecule is Cc1cccc(CC(=O)NCCNc2nc(C)cc(N3CCCCC3)n2)c1. The van der Waals surface area contributed by atoms with Gasteiger partial charge in [-0.3, -0.25) is 4.79 Å². The molecule has 1 aliphatic rings. The Labute approximate surface area is 161 Å². The predicted molar refractivity (Wildman–Crippen MR) is 109 cm³/mol. The van der Waals surface area contributed by atoms with Gasteiger partial charge in [-0.2, -0.15) is 4.98 Å². The Balaban J connectivity index is 1.46. The number of nitrogens with one attached hydrogen (secondary N) is 2. The summed E-state index contributed by atoms with van der Waals surface area (Å²) in [6, 6.07) is 10.1. The van der Waals surface area contributed by atoms with Crippen molar-refractivity contribution in [3.8, 4) is 0 Å². The lowest BCUT2D eigenvalue weighted by molar-refractivity contribution is -0.120. The summed E-state index contributed by atoms with van der Waals surface area (Å²) in [4.78, 5) is 23.5. The highest BCUT2D eigenvalue weighted by Crippen LogP contribution is 2.19. The fourth-order valence-corrected chi connectivity index (χ4v) is 3.36. The third-order valence-electron chi connectivity index (χ3n) is 4.70. The van der Waals surface area contributed by atoms with Crippen molar-refractivity contribution in [2.45, 2.75) is 39.5 Å². The zero-order valence-corrected chi connectivity index (χ0v) is 16.3. The zero-order chi connectivity index (χ0) is 19.1. The summed E-state index contributed by atoms with van der Waals surface area (Å²) in [5, 5.41) is 6.18. The summed E-state index contributed by atoms with van der Waals surface area (Å²) >= 11 is 0. The van der Waals surface area contributed by atoms with E-state index in [0.29, 0.717) is 25.5 Å². The molecule has 1 saturated heterocycles. The van der Waals surface area contributed by atoms with Crippen LogP contribution < -0.4 is 15.5 Å². The van der Waals surface area contributed by atoms with Crippen LogP contribution in [0.4, 0.5) is 11.8 Å². The maximum Gasteiger partial charge on any atom is 0.224 e. The van der Waals surface area contributed by atoms with E-state index in [9.17, 15) is 4.79 Å². The van der Waals surface area contributed by atoms with Crippen molar-refractivity contribution in [3.05, 3.63) is 47.2 Å². The average molecular weight is 367 g/mol. The van der Waals surface area contributed by atoms with Gasteiger partial charge < -0.3 is 15.5 Å². The number of aryl methyl sites for hydroxylation is 2. The highest BCUT2D eigenvalue weighted by Gasteiger charge is 2.13. The van der Waals surface area contributed by atoms with E-state index in [0.717, 1.165) is 30.2 Å². The van der Waals surface area contributed by atoms with Crippen LogP contribution in [-0.2, 0) is 11.2 Å². The van der Waals surface area contributed by atoms with E-state index in [2.05, 4.69) is 25.5 Å². The summed E-state index contributed by atoms with van der Waals surface area (Å²) in [7, 11) is 0. The molecule has 0 bridgehead atoms. The van der Waals surface area contributed by atoms with Gasteiger partial charge in [0, 0.05) is 37.9 Å². The molecule has 6 nitrogen and oxygen atoms in total. The Hall–Kier alpha value is -2.63. The highest BCUT2D eigenvalue weighted by atomic mass is 16.1. The summed E-state index contributed by atoms with van der Waals surface area (Å²) < 4.78 is 0. The average Bonchev–Trinajstić information content (AvgIpc) is 2.65. The second-order valence-electron chi connectivity index (χ2n) is 7.18. The fraction of sp³-hybridized carbons (Fsp3) is 0.476. The number of carbonyl (C=O) groups excluding carboxylic acids is 1. The molecule has 0 aliphatic carbocycles. The normalized spacial score (nSPS) is 14.1. The van der Waals surface area contributed by atoms with Gasteiger partial charge in [0.2, 0.25) is 11.9 Å². The zero-order valence-electron chi connectivity index (χ0n) is 16.3. The maximum absolute atomic E-state index is 12.1. The monoisotopic (exact) mass is 367 g/mol. The van der Waals surface area contributed by atoms with E-state index >= 15 is 0 Å². The summed E-state index contributed by atoms with van der Waals surface area (Å²) in [6.45, 7) is 7.29. The molecule has 6 heteroatoms.